The van der Waals surface area contributed by atoms with Gasteiger partial charge in [-0.05, 0) is 61.5 Å². The molecule has 2 aliphatic carbocycles. The molecule has 1 amide bonds. The van der Waals surface area contributed by atoms with E-state index < -0.39 is 0 Å². The van der Waals surface area contributed by atoms with E-state index in [1.807, 2.05) is 4.90 Å². The first-order valence-corrected chi connectivity index (χ1v) is 12.9. The first-order chi connectivity index (χ1) is 16.2. The standard InChI is InChI=1S/C27H42N2O4/c1-31-27(32-2)20-29(25-9-10-25)26(30)13-16-33-15-12-22-6-3-5-21(17-22)11-14-28-18-23-7-4-8-24(23)19-28/h3,5-6,17,23-25,27H,4,7-16,18-20H2,1-2H3/t23-,24+. The first-order valence-electron chi connectivity index (χ1n) is 12.9. The fraction of sp³-hybridized carbons (Fsp3) is 0.741. The van der Waals surface area contributed by atoms with Crippen LogP contribution in [0.3, 0.4) is 0 Å². The molecule has 2 saturated carbocycles. The van der Waals surface area contributed by atoms with Crippen molar-refractivity contribution in [3.63, 3.8) is 0 Å². The molecule has 33 heavy (non-hydrogen) atoms. The van der Waals surface area contributed by atoms with Gasteiger partial charge in [0.15, 0.2) is 6.29 Å². The molecule has 6 heteroatoms. The number of hydrogen-bond donors (Lipinski definition) is 0. The topological polar surface area (TPSA) is 51.2 Å². The molecule has 1 aromatic carbocycles. The molecule has 4 rings (SSSR count). The lowest BCUT2D eigenvalue weighted by Crippen LogP contribution is -2.40. The van der Waals surface area contributed by atoms with Crippen LogP contribution in [0.5, 0.6) is 0 Å². The third-order valence-electron chi connectivity index (χ3n) is 7.68. The minimum atomic E-state index is -0.368. The van der Waals surface area contributed by atoms with Crippen LogP contribution in [0.2, 0.25) is 0 Å². The van der Waals surface area contributed by atoms with Crippen molar-refractivity contribution in [2.45, 2.75) is 63.7 Å². The van der Waals surface area contributed by atoms with Crippen LogP contribution < -0.4 is 0 Å². The summed E-state index contributed by atoms with van der Waals surface area (Å²) in [6.45, 7) is 5.40. The van der Waals surface area contributed by atoms with Gasteiger partial charge in [-0.15, -0.1) is 0 Å². The summed E-state index contributed by atoms with van der Waals surface area (Å²) in [6.07, 6.45) is 8.54. The minimum Gasteiger partial charge on any atom is -0.381 e. The lowest BCUT2D eigenvalue weighted by molar-refractivity contribution is -0.147. The molecule has 1 aromatic rings. The fourth-order valence-electron chi connectivity index (χ4n) is 5.58. The molecule has 0 spiro atoms. The number of amides is 1. The van der Waals surface area contributed by atoms with Crippen molar-refractivity contribution >= 4 is 5.91 Å². The van der Waals surface area contributed by atoms with Gasteiger partial charge in [-0.1, -0.05) is 30.7 Å². The summed E-state index contributed by atoms with van der Waals surface area (Å²) < 4.78 is 16.4. The number of carbonyl (C=O) groups is 1. The Bertz CT molecular complexity index is 737. The van der Waals surface area contributed by atoms with E-state index in [2.05, 4.69) is 29.2 Å². The highest BCUT2D eigenvalue weighted by molar-refractivity contribution is 5.77. The van der Waals surface area contributed by atoms with Crippen molar-refractivity contribution in [2.24, 2.45) is 11.8 Å². The fourth-order valence-corrected chi connectivity index (χ4v) is 5.58. The van der Waals surface area contributed by atoms with Gasteiger partial charge in [-0.25, -0.2) is 0 Å². The molecular formula is C27H42N2O4. The molecular weight excluding hydrogens is 416 g/mol. The molecule has 2 atom stereocenters. The maximum absolute atomic E-state index is 12.6. The second-order valence-electron chi connectivity index (χ2n) is 10.1. The van der Waals surface area contributed by atoms with Crippen LogP contribution in [0.4, 0.5) is 0 Å². The Balaban J connectivity index is 1.12. The van der Waals surface area contributed by atoms with E-state index in [0.717, 1.165) is 37.5 Å². The smallest absolute Gasteiger partial charge is 0.225 e. The number of carbonyl (C=O) groups excluding carboxylic acids is 1. The first kappa shape index (κ1) is 24.6. The Labute approximate surface area is 199 Å². The number of nitrogens with zero attached hydrogens (tertiary/aromatic N) is 2. The third kappa shape index (κ3) is 7.25. The van der Waals surface area contributed by atoms with Gasteiger partial charge >= 0.3 is 0 Å². The van der Waals surface area contributed by atoms with Gasteiger partial charge in [-0.3, -0.25) is 4.79 Å². The predicted molar refractivity (Wildman–Crippen MR) is 129 cm³/mol. The van der Waals surface area contributed by atoms with Crippen LogP contribution in [-0.2, 0) is 31.8 Å². The second kappa shape index (κ2) is 12.3. The summed E-state index contributed by atoms with van der Waals surface area (Å²) in [4.78, 5) is 17.2. The zero-order valence-electron chi connectivity index (χ0n) is 20.5. The zero-order valence-corrected chi connectivity index (χ0v) is 20.5. The predicted octanol–water partition coefficient (Wildman–Crippen LogP) is 3.52. The number of likely N-dealkylation sites (tertiary alicyclic amines) is 1. The third-order valence-corrected chi connectivity index (χ3v) is 7.68. The van der Waals surface area contributed by atoms with Crippen molar-refractivity contribution in [1.29, 1.82) is 0 Å². The van der Waals surface area contributed by atoms with Crippen LogP contribution in [0.1, 0.15) is 49.7 Å². The highest BCUT2D eigenvalue weighted by Gasteiger charge is 2.35. The van der Waals surface area contributed by atoms with Gasteiger partial charge in [0.25, 0.3) is 0 Å². The summed E-state index contributed by atoms with van der Waals surface area (Å²) in [5.41, 5.74) is 2.74. The van der Waals surface area contributed by atoms with Crippen LogP contribution in [-0.4, -0.2) is 81.7 Å². The summed E-state index contributed by atoms with van der Waals surface area (Å²) in [7, 11) is 3.22. The molecule has 0 radical (unpaired) electrons. The van der Waals surface area contributed by atoms with Gasteiger partial charge in [0.1, 0.15) is 0 Å². The summed E-state index contributed by atoms with van der Waals surface area (Å²) in [5, 5.41) is 0. The highest BCUT2D eigenvalue weighted by Crippen LogP contribution is 2.37. The minimum absolute atomic E-state index is 0.129. The SMILES string of the molecule is COC(CN(C(=O)CCOCCc1cccc(CCN2C[C@H]3CCC[C@H]3C2)c1)C1CC1)OC. The van der Waals surface area contributed by atoms with Gasteiger partial charge in [-0.2, -0.15) is 0 Å². The summed E-state index contributed by atoms with van der Waals surface area (Å²) in [6, 6.07) is 9.27. The molecule has 0 unspecified atom stereocenters. The molecule has 3 aliphatic rings. The quantitative estimate of drug-likeness (QED) is 0.315. The molecule has 0 N–H and O–H groups in total. The molecule has 1 saturated heterocycles. The van der Waals surface area contributed by atoms with E-state index in [1.54, 1.807) is 14.2 Å². The Morgan fingerprint density at radius 3 is 2.39 bits per heavy atom. The molecule has 6 nitrogen and oxygen atoms in total. The van der Waals surface area contributed by atoms with Crippen LogP contribution in [0, 0.1) is 11.8 Å². The molecule has 184 valence electrons. The van der Waals surface area contributed by atoms with Crippen molar-refractivity contribution in [1.82, 2.24) is 9.80 Å². The maximum Gasteiger partial charge on any atom is 0.225 e. The zero-order chi connectivity index (χ0) is 23.0. The lowest BCUT2D eigenvalue weighted by Gasteiger charge is -2.26. The number of ether oxygens (including phenoxy) is 3. The van der Waals surface area contributed by atoms with Crippen molar-refractivity contribution in [3.05, 3.63) is 35.4 Å². The summed E-state index contributed by atoms with van der Waals surface area (Å²) in [5.74, 6) is 2.07. The molecule has 0 aromatic heterocycles. The Morgan fingerprint density at radius 1 is 1.03 bits per heavy atom. The normalized spacial score (nSPS) is 22.8. The number of benzene rings is 1. The Morgan fingerprint density at radius 2 is 1.73 bits per heavy atom. The van der Waals surface area contributed by atoms with E-state index in [-0.39, 0.29) is 12.2 Å². The van der Waals surface area contributed by atoms with Crippen LogP contribution in [0.25, 0.3) is 0 Å². The Kier molecular flexibility index (Phi) is 9.18. The van der Waals surface area contributed by atoms with E-state index >= 15 is 0 Å². The lowest BCUT2D eigenvalue weighted by atomic mass is 10.0. The van der Waals surface area contributed by atoms with Crippen LogP contribution >= 0.6 is 0 Å². The van der Waals surface area contributed by atoms with Gasteiger partial charge in [0, 0.05) is 39.9 Å². The number of methoxy groups -OCH3 is 2. The molecule has 1 aliphatic heterocycles. The number of hydrogen-bond acceptors (Lipinski definition) is 5. The van der Waals surface area contributed by atoms with Crippen molar-refractivity contribution < 1.29 is 19.0 Å². The summed E-state index contributed by atoms with van der Waals surface area (Å²) >= 11 is 0. The van der Waals surface area contributed by atoms with E-state index in [9.17, 15) is 4.79 Å². The van der Waals surface area contributed by atoms with Gasteiger partial charge < -0.3 is 24.0 Å². The van der Waals surface area contributed by atoms with E-state index in [0.29, 0.717) is 32.2 Å². The van der Waals surface area contributed by atoms with Crippen LogP contribution in [0.15, 0.2) is 24.3 Å². The van der Waals surface area contributed by atoms with Crippen molar-refractivity contribution in [2.75, 3.05) is 53.6 Å². The largest absolute Gasteiger partial charge is 0.381 e. The molecule has 0 bridgehead atoms. The van der Waals surface area contributed by atoms with E-state index in [1.165, 1.54) is 50.0 Å². The Hall–Kier alpha value is -1.47. The number of rotatable bonds is 14. The number of fused-ring (bicyclic) bond motifs is 1. The average molecular weight is 459 g/mol. The van der Waals surface area contributed by atoms with Gasteiger partial charge in [0.05, 0.1) is 26.2 Å². The van der Waals surface area contributed by atoms with Crippen molar-refractivity contribution in [3.8, 4) is 0 Å². The maximum atomic E-state index is 12.6. The molecule has 3 fully saturated rings. The second-order valence-corrected chi connectivity index (χ2v) is 10.1. The average Bonchev–Trinajstić information content (AvgIpc) is 3.44. The van der Waals surface area contributed by atoms with Gasteiger partial charge in [0.2, 0.25) is 5.91 Å². The highest BCUT2D eigenvalue weighted by atomic mass is 16.7. The monoisotopic (exact) mass is 458 g/mol. The van der Waals surface area contributed by atoms with E-state index in [4.69, 9.17) is 14.2 Å². The molecule has 1 heterocycles.